The molecule has 3 aromatic rings. The van der Waals surface area contributed by atoms with E-state index < -0.39 is 0 Å². The maximum atomic E-state index is 13.0. The van der Waals surface area contributed by atoms with Crippen molar-refractivity contribution in [2.24, 2.45) is 24.1 Å². The highest BCUT2D eigenvalue weighted by Gasteiger charge is 2.21. The molecule has 0 aliphatic rings. The Morgan fingerprint density at radius 3 is 2.45 bits per heavy atom. The fourth-order valence-electron chi connectivity index (χ4n) is 4.10. The molecule has 5 heteroatoms. The topological polar surface area (TPSA) is 70.1 Å². The van der Waals surface area contributed by atoms with E-state index in [2.05, 4.69) is 38.4 Å². The number of hydrogen-bond acceptors (Lipinski definition) is 4. The van der Waals surface area contributed by atoms with Crippen molar-refractivity contribution < 1.29 is 4.74 Å². The van der Waals surface area contributed by atoms with Crippen LogP contribution >= 0.6 is 0 Å². The van der Waals surface area contributed by atoms with Crippen LogP contribution in [0.4, 0.5) is 0 Å². The smallest absolute Gasteiger partial charge is 0.259 e. The Kier molecular flexibility index (Phi) is 7.06. The molecule has 1 aromatic carbocycles. The normalized spacial score (nSPS) is 11.7. The van der Waals surface area contributed by atoms with Crippen LogP contribution in [0.5, 0.6) is 5.75 Å². The molecular formula is C24H35N3O2. The minimum Gasteiger partial charge on any atom is -0.493 e. The first-order valence-electron chi connectivity index (χ1n) is 10.2. The van der Waals surface area contributed by atoms with Gasteiger partial charge >= 0.3 is 0 Å². The molecule has 0 fully saturated rings. The third-order valence-electron chi connectivity index (χ3n) is 5.18. The van der Waals surface area contributed by atoms with Crippen molar-refractivity contribution in [2.45, 2.75) is 48.0 Å². The van der Waals surface area contributed by atoms with E-state index >= 15 is 0 Å². The Balaban J connectivity index is 0.00000145. The summed E-state index contributed by atoms with van der Waals surface area (Å²) in [6.45, 7) is 13.5. The Labute approximate surface area is 173 Å². The zero-order valence-electron chi connectivity index (χ0n) is 19.1. The summed E-state index contributed by atoms with van der Waals surface area (Å²) in [7, 11) is 3.31. The number of nitrogens with two attached hydrogens (primary N) is 1. The molecule has 2 aromatic heterocycles. The van der Waals surface area contributed by atoms with Crippen LogP contribution in [-0.4, -0.2) is 23.2 Å². The van der Waals surface area contributed by atoms with Crippen LogP contribution in [0.1, 0.15) is 45.4 Å². The van der Waals surface area contributed by atoms with E-state index in [0.29, 0.717) is 12.5 Å². The van der Waals surface area contributed by atoms with E-state index in [1.54, 1.807) is 17.8 Å². The number of aromatic nitrogens is 2. The highest BCUT2D eigenvalue weighted by atomic mass is 16.5. The van der Waals surface area contributed by atoms with Gasteiger partial charge in [-0.3, -0.25) is 9.78 Å². The molecule has 2 N–H and O–H groups in total. The number of nitrogens with zero attached hydrogens (tertiary/aromatic N) is 2. The van der Waals surface area contributed by atoms with Crippen molar-refractivity contribution in [3.05, 3.63) is 46.0 Å². The highest BCUT2D eigenvalue weighted by molar-refractivity contribution is 6.07. The second kappa shape index (κ2) is 8.95. The molecule has 0 amide bonds. The summed E-state index contributed by atoms with van der Waals surface area (Å²) in [5, 5.41) is 2.74. The summed E-state index contributed by atoms with van der Waals surface area (Å²) in [5.41, 5.74) is 7.28. The number of rotatable bonds is 5. The first kappa shape index (κ1) is 22.9. The summed E-state index contributed by atoms with van der Waals surface area (Å²) >= 11 is 0. The van der Waals surface area contributed by atoms with Crippen molar-refractivity contribution in [3.63, 3.8) is 0 Å². The van der Waals surface area contributed by atoms with Crippen LogP contribution in [0, 0.1) is 25.2 Å². The molecule has 0 saturated heterocycles. The molecule has 0 radical (unpaired) electrons. The van der Waals surface area contributed by atoms with Gasteiger partial charge in [0.15, 0.2) is 0 Å². The molecule has 3 rings (SSSR count). The highest BCUT2D eigenvalue weighted by Crippen LogP contribution is 2.32. The van der Waals surface area contributed by atoms with E-state index in [1.165, 1.54) is 7.05 Å². The van der Waals surface area contributed by atoms with Crippen molar-refractivity contribution in [2.75, 3.05) is 13.7 Å². The molecule has 0 saturated carbocycles. The van der Waals surface area contributed by atoms with E-state index in [-0.39, 0.29) is 11.0 Å². The van der Waals surface area contributed by atoms with E-state index in [9.17, 15) is 4.79 Å². The number of hydrogen-bond donors (Lipinski definition) is 1. The molecule has 0 unspecified atom stereocenters. The van der Waals surface area contributed by atoms with Gasteiger partial charge in [0, 0.05) is 23.7 Å². The van der Waals surface area contributed by atoms with Crippen molar-refractivity contribution in [1.82, 2.24) is 9.55 Å². The number of aryl methyl sites for hydroxylation is 3. The average molecular weight is 398 g/mol. The standard InChI is InChI=1S/C23H30N2O2.CH5N/c1-14(2)11-23(5,6)13-27-20-9-8-17-18-10-15(3)24-12-19(18)25(7)22(26)21(17)16(20)4;1-2/h8-10,12,14H,11,13H2,1-7H3;2H2,1H3. The average Bonchev–Trinajstić information content (AvgIpc) is 2.65. The van der Waals surface area contributed by atoms with Gasteiger partial charge in [0.2, 0.25) is 0 Å². The van der Waals surface area contributed by atoms with Gasteiger partial charge in [-0.25, -0.2) is 0 Å². The van der Waals surface area contributed by atoms with E-state index in [0.717, 1.165) is 45.1 Å². The molecule has 0 aliphatic heterocycles. The molecular weight excluding hydrogens is 362 g/mol. The van der Waals surface area contributed by atoms with Gasteiger partial charge in [-0.2, -0.15) is 0 Å². The zero-order valence-corrected chi connectivity index (χ0v) is 19.1. The Bertz CT molecular complexity index is 1070. The number of ether oxygens (including phenoxy) is 1. The lowest BCUT2D eigenvalue weighted by Gasteiger charge is -2.27. The van der Waals surface area contributed by atoms with Crippen LogP contribution in [0.15, 0.2) is 29.2 Å². The predicted octanol–water partition coefficient (Wildman–Crippen LogP) is 4.73. The quantitative estimate of drug-likeness (QED) is 0.632. The van der Waals surface area contributed by atoms with Crippen molar-refractivity contribution >= 4 is 21.7 Å². The third-order valence-corrected chi connectivity index (χ3v) is 5.18. The van der Waals surface area contributed by atoms with Crippen LogP contribution in [-0.2, 0) is 7.05 Å². The van der Waals surface area contributed by atoms with E-state index in [4.69, 9.17) is 4.74 Å². The van der Waals surface area contributed by atoms with Gasteiger partial charge in [-0.1, -0.05) is 27.7 Å². The number of pyridine rings is 2. The van der Waals surface area contributed by atoms with Crippen LogP contribution < -0.4 is 16.0 Å². The van der Waals surface area contributed by atoms with Crippen LogP contribution in [0.2, 0.25) is 0 Å². The fourth-order valence-corrected chi connectivity index (χ4v) is 4.10. The Hall–Kier alpha value is -2.40. The summed E-state index contributed by atoms with van der Waals surface area (Å²) < 4.78 is 7.86. The number of benzene rings is 1. The lowest BCUT2D eigenvalue weighted by Crippen LogP contribution is -2.24. The minimum absolute atomic E-state index is 0.00690. The molecule has 0 atom stereocenters. The van der Waals surface area contributed by atoms with Gasteiger partial charge in [-0.05, 0) is 62.2 Å². The lowest BCUT2D eigenvalue weighted by molar-refractivity contribution is 0.153. The Morgan fingerprint density at radius 2 is 1.83 bits per heavy atom. The molecule has 5 nitrogen and oxygen atoms in total. The Morgan fingerprint density at radius 1 is 1.17 bits per heavy atom. The van der Waals surface area contributed by atoms with Crippen LogP contribution in [0.3, 0.4) is 0 Å². The molecule has 158 valence electrons. The second-order valence-corrected chi connectivity index (χ2v) is 8.87. The molecule has 0 spiro atoms. The zero-order chi connectivity index (χ0) is 21.9. The molecule has 0 bridgehead atoms. The molecule has 2 heterocycles. The third kappa shape index (κ3) is 4.78. The first-order valence-corrected chi connectivity index (χ1v) is 10.2. The monoisotopic (exact) mass is 397 g/mol. The van der Waals surface area contributed by atoms with Gasteiger partial charge in [0.1, 0.15) is 5.75 Å². The van der Waals surface area contributed by atoms with Gasteiger partial charge in [0.05, 0.1) is 23.7 Å². The van der Waals surface area contributed by atoms with E-state index in [1.807, 2.05) is 32.0 Å². The first-order chi connectivity index (χ1) is 13.6. The SMILES string of the molecule is CN.Cc1cc2c3ccc(OCC(C)(C)CC(C)C)c(C)c3c(=O)n(C)c2cn1. The minimum atomic E-state index is -0.00690. The summed E-state index contributed by atoms with van der Waals surface area (Å²) in [4.78, 5) is 17.4. The summed E-state index contributed by atoms with van der Waals surface area (Å²) in [5.74, 6) is 1.42. The predicted molar refractivity (Wildman–Crippen MR) is 123 cm³/mol. The van der Waals surface area contributed by atoms with Crippen molar-refractivity contribution in [3.8, 4) is 5.75 Å². The summed E-state index contributed by atoms with van der Waals surface area (Å²) in [6.07, 6.45) is 2.87. The fraction of sp³-hybridized carbons (Fsp3) is 0.500. The lowest BCUT2D eigenvalue weighted by atomic mass is 9.85. The molecule has 29 heavy (non-hydrogen) atoms. The van der Waals surface area contributed by atoms with Gasteiger partial charge in [0.25, 0.3) is 5.56 Å². The van der Waals surface area contributed by atoms with Crippen molar-refractivity contribution in [1.29, 1.82) is 0 Å². The maximum Gasteiger partial charge on any atom is 0.259 e. The van der Waals surface area contributed by atoms with Crippen LogP contribution in [0.25, 0.3) is 21.7 Å². The maximum absolute atomic E-state index is 13.0. The van der Waals surface area contributed by atoms with Gasteiger partial charge < -0.3 is 15.0 Å². The largest absolute Gasteiger partial charge is 0.493 e. The number of fused-ring (bicyclic) bond motifs is 3. The second-order valence-electron chi connectivity index (χ2n) is 8.87. The van der Waals surface area contributed by atoms with Gasteiger partial charge in [-0.15, -0.1) is 0 Å². The molecule has 0 aliphatic carbocycles. The summed E-state index contributed by atoms with van der Waals surface area (Å²) in [6, 6.07) is 6.05.